The van der Waals surface area contributed by atoms with Crippen molar-refractivity contribution in [2.24, 2.45) is 5.92 Å². The largest absolute Gasteiger partial charge is 0.497 e. The van der Waals surface area contributed by atoms with Gasteiger partial charge < -0.3 is 10.1 Å². The molecule has 3 aromatic rings. The minimum Gasteiger partial charge on any atom is -0.497 e. The van der Waals surface area contributed by atoms with E-state index in [0.29, 0.717) is 18.0 Å². The van der Waals surface area contributed by atoms with Crippen LogP contribution in [0, 0.1) is 5.92 Å². The van der Waals surface area contributed by atoms with Crippen LogP contribution in [0.4, 0.5) is 0 Å². The van der Waals surface area contributed by atoms with Gasteiger partial charge >= 0.3 is 0 Å². The van der Waals surface area contributed by atoms with Gasteiger partial charge in [0.05, 0.1) is 7.11 Å². The van der Waals surface area contributed by atoms with E-state index in [0.717, 1.165) is 18.2 Å². The molecule has 6 rings (SSSR count). The van der Waals surface area contributed by atoms with Gasteiger partial charge in [0.1, 0.15) is 5.75 Å². The minimum absolute atomic E-state index is 0.374. The van der Waals surface area contributed by atoms with Gasteiger partial charge in [0.25, 0.3) is 0 Å². The molecule has 1 N–H and O–H groups in total. The molecule has 3 nitrogen and oxygen atoms in total. The van der Waals surface area contributed by atoms with Crippen molar-refractivity contribution in [2.75, 3.05) is 20.2 Å². The highest BCUT2D eigenvalue weighted by atomic mass is 16.5. The van der Waals surface area contributed by atoms with E-state index in [2.05, 4.69) is 95.1 Å². The summed E-state index contributed by atoms with van der Waals surface area (Å²) in [5, 5.41) is 3.99. The lowest BCUT2D eigenvalue weighted by atomic mass is 9.70. The van der Waals surface area contributed by atoms with Crippen LogP contribution < -0.4 is 10.1 Å². The SMILES string of the molecule is COc1ccc(CN[C@H]2C3CCN(CC3)[C@H]2C(c2ccccc2)c2ccccc2)cc1. The molecule has 0 aromatic heterocycles. The molecule has 3 aliphatic heterocycles. The van der Waals surface area contributed by atoms with Crippen LogP contribution in [0.15, 0.2) is 84.9 Å². The van der Waals surface area contributed by atoms with Crippen molar-refractivity contribution in [1.29, 1.82) is 0 Å². The standard InChI is InChI=1S/C28H32N2O/c1-31-25-14-12-21(13-15-25)20-29-27-24-16-18-30(19-17-24)28(27)26(22-8-4-2-5-9-22)23-10-6-3-7-11-23/h2-15,24,26-29H,16-20H2,1H3/t27-,28-/m0/s1. The van der Waals surface area contributed by atoms with Gasteiger partial charge in [0, 0.05) is 24.5 Å². The Morgan fingerprint density at radius 1 is 0.839 bits per heavy atom. The van der Waals surface area contributed by atoms with E-state index in [9.17, 15) is 0 Å². The lowest BCUT2D eigenvalue weighted by molar-refractivity contribution is 0.00468. The highest BCUT2D eigenvalue weighted by molar-refractivity contribution is 5.36. The zero-order valence-corrected chi connectivity index (χ0v) is 18.3. The Bertz CT molecular complexity index is 910. The second kappa shape index (κ2) is 9.25. The van der Waals surface area contributed by atoms with Gasteiger partial charge in [0.15, 0.2) is 0 Å². The Hall–Kier alpha value is -2.62. The molecule has 3 saturated heterocycles. The fourth-order valence-electron chi connectivity index (χ4n) is 5.67. The third kappa shape index (κ3) is 4.26. The normalized spacial score (nSPS) is 25.0. The minimum atomic E-state index is 0.374. The fraction of sp³-hybridized carbons (Fsp3) is 0.357. The zero-order valence-electron chi connectivity index (χ0n) is 18.3. The first-order valence-corrected chi connectivity index (χ1v) is 11.5. The molecule has 3 fully saturated rings. The number of hydrogen-bond donors (Lipinski definition) is 1. The number of rotatable bonds is 7. The number of nitrogens with one attached hydrogen (secondary N) is 1. The maximum absolute atomic E-state index is 5.32. The van der Waals surface area contributed by atoms with Gasteiger partial charge in [-0.05, 0) is 60.7 Å². The molecule has 3 aliphatic rings. The van der Waals surface area contributed by atoms with Gasteiger partial charge in [-0.1, -0.05) is 72.8 Å². The Balaban J connectivity index is 1.46. The monoisotopic (exact) mass is 412 g/mol. The molecule has 3 heteroatoms. The molecule has 31 heavy (non-hydrogen) atoms. The van der Waals surface area contributed by atoms with Crippen LogP contribution in [0.3, 0.4) is 0 Å². The van der Waals surface area contributed by atoms with Gasteiger partial charge in [-0.25, -0.2) is 0 Å². The first-order chi connectivity index (χ1) is 15.3. The Labute approximate surface area is 186 Å². The van der Waals surface area contributed by atoms with Gasteiger partial charge in [-0.2, -0.15) is 0 Å². The molecule has 0 aliphatic carbocycles. The predicted octanol–water partition coefficient (Wildman–Crippen LogP) is 5.08. The topological polar surface area (TPSA) is 24.5 Å². The summed E-state index contributed by atoms with van der Waals surface area (Å²) in [6.07, 6.45) is 2.60. The molecule has 0 saturated carbocycles. The summed E-state index contributed by atoms with van der Waals surface area (Å²) >= 11 is 0. The predicted molar refractivity (Wildman–Crippen MR) is 126 cm³/mol. The molecule has 2 bridgehead atoms. The van der Waals surface area contributed by atoms with Crippen molar-refractivity contribution >= 4 is 0 Å². The Kier molecular flexibility index (Phi) is 6.06. The van der Waals surface area contributed by atoms with E-state index in [1.165, 1.54) is 42.6 Å². The molecule has 0 spiro atoms. The van der Waals surface area contributed by atoms with Crippen molar-refractivity contribution in [3.8, 4) is 5.75 Å². The molecule has 2 atom stereocenters. The highest BCUT2D eigenvalue weighted by Crippen LogP contribution is 2.42. The average molecular weight is 413 g/mol. The molecule has 3 heterocycles. The van der Waals surface area contributed by atoms with Crippen molar-refractivity contribution in [1.82, 2.24) is 10.2 Å². The van der Waals surface area contributed by atoms with Crippen LogP contribution in [0.5, 0.6) is 5.75 Å². The van der Waals surface area contributed by atoms with Crippen LogP contribution in [0.2, 0.25) is 0 Å². The second-order valence-corrected chi connectivity index (χ2v) is 8.92. The van der Waals surface area contributed by atoms with Crippen LogP contribution in [-0.4, -0.2) is 37.2 Å². The number of benzene rings is 3. The second-order valence-electron chi connectivity index (χ2n) is 8.92. The zero-order chi connectivity index (χ0) is 21.0. The van der Waals surface area contributed by atoms with Crippen molar-refractivity contribution in [3.05, 3.63) is 102 Å². The van der Waals surface area contributed by atoms with Crippen molar-refractivity contribution < 1.29 is 4.74 Å². The van der Waals surface area contributed by atoms with Crippen molar-refractivity contribution in [2.45, 2.75) is 37.4 Å². The summed E-state index contributed by atoms with van der Waals surface area (Å²) in [6, 6.07) is 31.6. The summed E-state index contributed by atoms with van der Waals surface area (Å²) < 4.78 is 5.32. The maximum atomic E-state index is 5.32. The third-order valence-corrected chi connectivity index (χ3v) is 7.23. The summed E-state index contributed by atoms with van der Waals surface area (Å²) in [5.41, 5.74) is 4.15. The number of ether oxygens (including phenoxy) is 1. The van der Waals surface area contributed by atoms with Crippen LogP contribution >= 0.6 is 0 Å². The Morgan fingerprint density at radius 3 is 1.97 bits per heavy atom. The van der Waals surface area contributed by atoms with E-state index >= 15 is 0 Å². The van der Waals surface area contributed by atoms with Crippen molar-refractivity contribution in [3.63, 3.8) is 0 Å². The summed E-state index contributed by atoms with van der Waals surface area (Å²) in [5.74, 6) is 2.03. The molecule has 160 valence electrons. The van der Waals surface area contributed by atoms with E-state index in [1.54, 1.807) is 7.11 Å². The fourth-order valence-corrected chi connectivity index (χ4v) is 5.67. The Morgan fingerprint density at radius 2 is 1.42 bits per heavy atom. The van der Waals surface area contributed by atoms with Crippen LogP contribution in [-0.2, 0) is 6.54 Å². The van der Waals surface area contributed by atoms with E-state index in [-0.39, 0.29) is 0 Å². The van der Waals surface area contributed by atoms with Gasteiger partial charge in [0.2, 0.25) is 0 Å². The molecule has 0 radical (unpaired) electrons. The molecule has 0 amide bonds. The third-order valence-electron chi connectivity index (χ3n) is 7.23. The van der Waals surface area contributed by atoms with Crippen LogP contribution in [0.1, 0.15) is 35.4 Å². The number of nitrogens with zero attached hydrogens (tertiary/aromatic N) is 1. The van der Waals surface area contributed by atoms with Gasteiger partial charge in [-0.3, -0.25) is 4.90 Å². The molecule has 0 unspecified atom stereocenters. The first-order valence-electron chi connectivity index (χ1n) is 11.5. The number of methoxy groups -OCH3 is 1. The number of hydrogen-bond acceptors (Lipinski definition) is 3. The first kappa shape index (κ1) is 20.3. The van der Waals surface area contributed by atoms with Gasteiger partial charge in [-0.15, -0.1) is 0 Å². The number of fused-ring (bicyclic) bond motifs is 3. The summed E-state index contributed by atoms with van der Waals surface area (Å²) in [7, 11) is 1.72. The lowest BCUT2D eigenvalue weighted by Crippen LogP contribution is -2.64. The van der Waals surface area contributed by atoms with Crippen LogP contribution in [0.25, 0.3) is 0 Å². The highest BCUT2D eigenvalue weighted by Gasteiger charge is 2.46. The quantitative estimate of drug-likeness (QED) is 0.586. The molecule has 3 aromatic carbocycles. The molecular weight excluding hydrogens is 380 g/mol. The molecular formula is C28H32N2O. The lowest BCUT2D eigenvalue weighted by Gasteiger charge is -2.54. The smallest absolute Gasteiger partial charge is 0.118 e. The van der Waals surface area contributed by atoms with E-state index in [4.69, 9.17) is 4.74 Å². The summed E-state index contributed by atoms with van der Waals surface area (Å²) in [6.45, 7) is 3.32. The number of piperidine rings is 3. The van der Waals surface area contributed by atoms with E-state index < -0.39 is 0 Å². The maximum Gasteiger partial charge on any atom is 0.118 e. The average Bonchev–Trinajstić information content (AvgIpc) is 2.86. The summed E-state index contributed by atoms with van der Waals surface area (Å²) in [4.78, 5) is 2.75. The van der Waals surface area contributed by atoms with E-state index in [1.807, 2.05) is 0 Å².